The van der Waals surface area contributed by atoms with E-state index in [1.165, 1.54) is 0 Å². The van der Waals surface area contributed by atoms with E-state index in [4.69, 9.17) is 19.3 Å². The van der Waals surface area contributed by atoms with Crippen LogP contribution in [0.25, 0.3) is 0 Å². The summed E-state index contributed by atoms with van der Waals surface area (Å²) >= 11 is 0. The Hall–Kier alpha value is -1.40. The molecule has 20 heavy (non-hydrogen) atoms. The quantitative estimate of drug-likeness (QED) is 0.658. The van der Waals surface area contributed by atoms with Gasteiger partial charge in [-0.05, 0) is 12.5 Å². The third-order valence-electron chi connectivity index (χ3n) is 2.27. The minimum Gasteiger partial charge on any atom is -0.445 e. The van der Waals surface area contributed by atoms with E-state index >= 15 is 0 Å². The molecule has 0 aromatic heterocycles. The summed E-state index contributed by atoms with van der Waals surface area (Å²) in [4.78, 5) is 28.6. The summed E-state index contributed by atoms with van der Waals surface area (Å²) in [5, 5.41) is 2.45. The van der Waals surface area contributed by atoms with Crippen LogP contribution in [0.4, 0.5) is 4.79 Å². The van der Waals surface area contributed by atoms with Crippen molar-refractivity contribution < 1.29 is 28.6 Å². The predicted octanol–water partition coefficient (Wildman–Crippen LogP) is 1.45. The molecule has 0 aliphatic carbocycles. The second kappa shape index (κ2) is 8.01. The van der Waals surface area contributed by atoms with Gasteiger partial charge >= 0.3 is 13.7 Å². The number of carbonyl (C=O) groups is 1. The zero-order valence-corrected chi connectivity index (χ0v) is 12.0. The lowest BCUT2D eigenvalue weighted by molar-refractivity contribution is 0.0825. The lowest BCUT2D eigenvalue weighted by Gasteiger charge is -2.14. The summed E-state index contributed by atoms with van der Waals surface area (Å²) in [6.45, 7) is 1.85. The Kier molecular flexibility index (Phi) is 6.67. The number of hydrogen-bond acceptors (Lipinski definition) is 4. The van der Waals surface area contributed by atoms with Gasteiger partial charge in [-0.2, -0.15) is 0 Å². The summed E-state index contributed by atoms with van der Waals surface area (Å²) in [7, 11) is -4.19. The first-order valence-electron chi connectivity index (χ1n) is 5.97. The van der Waals surface area contributed by atoms with E-state index in [9.17, 15) is 9.36 Å². The highest BCUT2D eigenvalue weighted by molar-refractivity contribution is 7.51. The van der Waals surface area contributed by atoms with Crippen LogP contribution in [0, 0.1) is 0 Å². The van der Waals surface area contributed by atoms with Crippen LogP contribution in [0.2, 0.25) is 0 Å². The van der Waals surface area contributed by atoms with Crippen LogP contribution in [0.1, 0.15) is 12.5 Å². The van der Waals surface area contributed by atoms with Crippen LogP contribution in [0.15, 0.2) is 30.3 Å². The maximum atomic E-state index is 11.4. The smallest absolute Gasteiger partial charge is 0.407 e. The van der Waals surface area contributed by atoms with E-state index < -0.39 is 26.1 Å². The Morgan fingerprint density at radius 3 is 2.60 bits per heavy atom. The van der Waals surface area contributed by atoms with E-state index in [2.05, 4.69) is 5.32 Å². The normalized spacial score (nSPS) is 12.8. The molecule has 0 unspecified atom stereocenters. The van der Waals surface area contributed by atoms with Crippen molar-refractivity contribution in [2.75, 3.05) is 12.9 Å². The topological polar surface area (TPSA) is 105 Å². The molecule has 7 nitrogen and oxygen atoms in total. The Balaban J connectivity index is 2.18. The first kappa shape index (κ1) is 16.7. The minimum atomic E-state index is -4.19. The molecule has 1 atom stereocenters. The average molecular weight is 303 g/mol. The van der Waals surface area contributed by atoms with E-state index in [1.807, 2.05) is 30.3 Å². The third kappa shape index (κ3) is 7.91. The second-order valence-electron chi connectivity index (χ2n) is 4.21. The SMILES string of the molecule is C[C@H](CNC(=O)OCc1ccccc1)OCP(=O)(O)O. The molecule has 0 fully saturated rings. The molecule has 1 amide bonds. The molecule has 1 rings (SSSR count). The zero-order chi connectivity index (χ0) is 15.0. The highest BCUT2D eigenvalue weighted by Crippen LogP contribution is 2.34. The number of alkyl carbamates (subject to hydrolysis) is 1. The Bertz CT molecular complexity index is 460. The van der Waals surface area contributed by atoms with Gasteiger partial charge in [-0.25, -0.2) is 4.79 Å². The number of rotatable bonds is 7. The highest BCUT2D eigenvalue weighted by atomic mass is 31.2. The molecular formula is C12H18NO6P. The third-order valence-corrected chi connectivity index (χ3v) is 2.76. The van der Waals surface area contributed by atoms with Gasteiger partial charge in [0.2, 0.25) is 0 Å². The van der Waals surface area contributed by atoms with Gasteiger partial charge in [0.15, 0.2) is 0 Å². The first-order valence-corrected chi connectivity index (χ1v) is 7.77. The fraction of sp³-hybridized carbons (Fsp3) is 0.417. The van der Waals surface area contributed by atoms with Gasteiger partial charge in [-0.3, -0.25) is 4.57 Å². The van der Waals surface area contributed by atoms with Gasteiger partial charge < -0.3 is 24.6 Å². The van der Waals surface area contributed by atoms with Crippen molar-refractivity contribution in [1.29, 1.82) is 0 Å². The van der Waals surface area contributed by atoms with Gasteiger partial charge in [0.05, 0.1) is 6.10 Å². The van der Waals surface area contributed by atoms with Crippen molar-refractivity contribution in [2.45, 2.75) is 19.6 Å². The molecule has 0 spiro atoms. The van der Waals surface area contributed by atoms with Crippen molar-refractivity contribution >= 4 is 13.7 Å². The summed E-state index contributed by atoms with van der Waals surface area (Å²) in [5.74, 6) is 0. The summed E-state index contributed by atoms with van der Waals surface area (Å²) in [5.41, 5.74) is 0.869. The lowest BCUT2D eigenvalue weighted by Crippen LogP contribution is -2.32. The molecular weight excluding hydrogens is 285 g/mol. The average Bonchev–Trinajstić information content (AvgIpc) is 2.41. The van der Waals surface area contributed by atoms with E-state index in [1.54, 1.807) is 6.92 Å². The van der Waals surface area contributed by atoms with Crippen LogP contribution in [-0.2, 0) is 20.6 Å². The summed E-state index contributed by atoms with van der Waals surface area (Å²) in [6, 6.07) is 9.21. The highest BCUT2D eigenvalue weighted by Gasteiger charge is 2.15. The molecule has 1 aromatic carbocycles. The van der Waals surface area contributed by atoms with Crippen LogP contribution in [0.3, 0.4) is 0 Å². The van der Waals surface area contributed by atoms with Gasteiger partial charge in [-0.15, -0.1) is 0 Å². The van der Waals surface area contributed by atoms with Crippen LogP contribution >= 0.6 is 7.60 Å². The van der Waals surface area contributed by atoms with Crippen molar-refractivity contribution in [2.24, 2.45) is 0 Å². The number of amides is 1. The molecule has 0 radical (unpaired) electrons. The minimum absolute atomic E-state index is 0.105. The van der Waals surface area contributed by atoms with Crippen LogP contribution in [0.5, 0.6) is 0 Å². The van der Waals surface area contributed by atoms with Crippen molar-refractivity contribution in [3.05, 3.63) is 35.9 Å². The molecule has 0 aliphatic heterocycles. The molecule has 0 bridgehead atoms. The molecule has 0 saturated heterocycles. The summed E-state index contributed by atoms with van der Waals surface area (Å²) in [6.07, 6.45) is -1.80. The van der Waals surface area contributed by atoms with Gasteiger partial charge in [-0.1, -0.05) is 30.3 Å². The maximum Gasteiger partial charge on any atom is 0.407 e. The van der Waals surface area contributed by atoms with E-state index in [0.717, 1.165) is 5.56 Å². The molecule has 0 saturated carbocycles. The van der Waals surface area contributed by atoms with Crippen molar-refractivity contribution in [1.82, 2.24) is 5.32 Å². The fourth-order valence-corrected chi connectivity index (χ4v) is 1.73. The van der Waals surface area contributed by atoms with Gasteiger partial charge in [0, 0.05) is 6.54 Å². The molecule has 0 aliphatic rings. The number of ether oxygens (including phenoxy) is 2. The number of benzene rings is 1. The lowest BCUT2D eigenvalue weighted by atomic mass is 10.2. The fourth-order valence-electron chi connectivity index (χ4n) is 1.28. The number of nitrogens with one attached hydrogen (secondary N) is 1. The summed E-state index contributed by atoms with van der Waals surface area (Å²) < 4.78 is 20.4. The monoisotopic (exact) mass is 303 g/mol. The molecule has 112 valence electrons. The molecule has 1 aromatic rings. The Morgan fingerprint density at radius 1 is 1.35 bits per heavy atom. The van der Waals surface area contributed by atoms with Gasteiger partial charge in [0.1, 0.15) is 13.0 Å². The molecule has 0 heterocycles. The number of carbonyl (C=O) groups excluding carboxylic acids is 1. The largest absolute Gasteiger partial charge is 0.445 e. The second-order valence-corrected chi connectivity index (χ2v) is 5.80. The molecule has 8 heteroatoms. The first-order chi connectivity index (χ1) is 9.37. The Labute approximate surface area is 117 Å². The number of hydrogen-bond donors (Lipinski definition) is 3. The zero-order valence-electron chi connectivity index (χ0n) is 11.1. The van der Waals surface area contributed by atoms with Crippen LogP contribution in [-0.4, -0.2) is 34.9 Å². The molecule has 3 N–H and O–H groups in total. The Morgan fingerprint density at radius 2 is 2.00 bits per heavy atom. The van der Waals surface area contributed by atoms with Crippen molar-refractivity contribution in [3.8, 4) is 0 Å². The standard InChI is InChI=1S/C12H18NO6P/c1-10(19-9-20(15,16)17)7-13-12(14)18-8-11-5-3-2-4-6-11/h2-6,10H,7-9H2,1H3,(H,13,14)(H2,15,16,17)/t10-/m1/s1. The van der Waals surface area contributed by atoms with E-state index in [0.29, 0.717) is 0 Å². The predicted molar refractivity (Wildman–Crippen MR) is 72.1 cm³/mol. The van der Waals surface area contributed by atoms with Crippen LogP contribution < -0.4 is 5.32 Å². The van der Waals surface area contributed by atoms with Gasteiger partial charge in [0.25, 0.3) is 0 Å². The van der Waals surface area contributed by atoms with Crippen molar-refractivity contribution in [3.63, 3.8) is 0 Å². The maximum absolute atomic E-state index is 11.4. The van der Waals surface area contributed by atoms with E-state index in [-0.39, 0.29) is 13.2 Å².